The molecule has 1 aliphatic rings. The van der Waals surface area contributed by atoms with Crippen LogP contribution in [0.25, 0.3) is 10.8 Å². The second-order valence-corrected chi connectivity index (χ2v) is 7.17. The van der Waals surface area contributed by atoms with E-state index in [-0.39, 0.29) is 11.8 Å². The summed E-state index contributed by atoms with van der Waals surface area (Å²) in [4.78, 5) is 25.8. The molecule has 1 heterocycles. The summed E-state index contributed by atoms with van der Waals surface area (Å²) in [6.07, 6.45) is 2.53. The van der Waals surface area contributed by atoms with Crippen LogP contribution in [-0.2, 0) is 9.59 Å². The van der Waals surface area contributed by atoms with Crippen molar-refractivity contribution in [2.45, 2.75) is 25.7 Å². The number of hydrogen-bond donors (Lipinski definition) is 1. The van der Waals surface area contributed by atoms with Gasteiger partial charge in [0.2, 0.25) is 11.8 Å². The van der Waals surface area contributed by atoms with E-state index < -0.39 is 0 Å². The number of amides is 2. The van der Waals surface area contributed by atoms with Crippen LogP contribution in [0.4, 0.5) is 11.4 Å². The standard InChI is InChI=1S/C24H24N2O3/c27-23(25-19-12-14-20(15-13-19)26-16-4-11-24(26)28)10-5-17-29-22-9-3-7-18-6-1-2-8-21(18)22/h1-3,6-9,12-15H,4-5,10-11,16-17H2,(H,25,27). The van der Waals surface area contributed by atoms with Gasteiger partial charge in [-0.1, -0.05) is 36.4 Å². The van der Waals surface area contributed by atoms with Crippen LogP contribution < -0.4 is 15.0 Å². The van der Waals surface area contributed by atoms with Gasteiger partial charge in [-0.25, -0.2) is 0 Å². The molecule has 1 fully saturated rings. The lowest BCUT2D eigenvalue weighted by atomic mass is 10.1. The summed E-state index contributed by atoms with van der Waals surface area (Å²) in [6, 6.07) is 21.5. The van der Waals surface area contributed by atoms with E-state index in [1.54, 1.807) is 4.90 Å². The van der Waals surface area contributed by atoms with Gasteiger partial charge in [0.1, 0.15) is 5.75 Å². The van der Waals surface area contributed by atoms with E-state index in [0.717, 1.165) is 40.9 Å². The largest absolute Gasteiger partial charge is 0.493 e. The Bertz CT molecular complexity index is 1010. The summed E-state index contributed by atoms with van der Waals surface area (Å²) in [5.74, 6) is 0.958. The van der Waals surface area contributed by atoms with Crippen molar-refractivity contribution in [3.8, 4) is 5.75 Å². The van der Waals surface area contributed by atoms with Crippen LogP contribution in [0.15, 0.2) is 66.7 Å². The van der Waals surface area contributed by atoms with Crippen LogP contribution in [-0.4, -0.2) is 25.0 Å². The maximum absolute atomic E-state index is 12.2. The smallest absolute Gasteiger partial charge is 0.227 e. The molecule has 29 heavy (non-hydrogen) atoms. The predicted molar refractivity (Wildman–Crippen MR) is 115 cm³/mol. The minimum Gasteiger partial charge on any atom is -0.493 e. The number of anilines is 2. The predicted octanol–water partition coefficient (Wildman–Crippen LogP) is 4.76. The Morgan fingerprint density at radius 1 is 1.00 bits per heavy atom. The Morgan fingerprint density at radius 3 is 2.59 bits per heavy atom. The number of fused-ring (bicyclic) bond motifs is 1. The summed E-state index contributed by atoms with van der Waals surface area (Å²) in [5.41, 5.74) is 1.62. The average Bonchev–Trinajstić information content (AvgIpc) is 3.18. The van der Waals surface area contributed by atoms with Gasteiger partial charge < -0.3 is 15.0 Å². The average molecular weight is 388 g/mol. The van der Waals surface area contributed by atoms with E-state index in [1.807, 2.05) is 54.6 Å². The van der Waals surface area contributed by atoms with Crippen molar-refractivity contribution in [2.24, 2.45) is 0 Å². The highest BCUT2D eigenvalue weighted by Gasteiger charge is 2.21. The number of benzene rings is 3. The third-order valence-electron chi connectivity index (χ3n) is 5.09. The molecule has 4 rings (SSSR count). The molecule has 0 bridgehead atoms. The van der Waals surface area contributed by atoms with Crippen LogP contribution in [0.2, 0.25) is 0 Å². The number of nitrogens with one attached hydrogen (secondary N) is 1. The van der Waals surface area contributed by atoms with Crippen molar-refractivity contribution in [1.29, 1.82) is 0 Å². The fourth-order valence-corrected chi connectivity index (χ4v) is 3.61. The number of carbonyl (C=O) groups excluding carboxylic acids is 2. The topological polar surface area (TPSA) is 58.6 Å². The molecule has 0 aromatic heterocycles. The Morgan fingerprint density at radius 2 is 1.79 bits per heavy atom. The van der Waals surface area contributed by atoms with Gasteiger partial charge in [0, 0.05) is 36.1 Å². The molecule has 3 aromatic rings. The Kier molecular flexibility index (Phi) is 5.75. The highest BCUT2D eigenvalue weighted by Crippen LogP contribution is 2.25. The maximum Gasteiger partial charge on any atom is 0.227 e. The van der Waals surface area contributed by atoms with Crippen molar-refractivity contribution in [3.05, 3.63) is 66.7 Å². The van der Waals surface area contributed by atoms with Gasteiger partial charge in [0.05, 0.1) is 6.61 Å². The third kappa shape index (κ3) is 4.57. The van der Waals surface area contributed by atoms with Crippen molar-refractivity contribution in [2.75, 3.05) is 23.4 Å². The van der Waals surface area contributed by atoms with Gasteiger partial charge in [-0.15, -0.1) is 0 Å². The van der Waals surface area contributed by atoms with E-state index in [2.05, 4.69) is 17.4 Å². The molecule has 0 saturated carbocycles. The highest BCUT2D eigenvalue weighted by molar-refractivity contribution is 5.96. The van der Waals surface area contributed by atoms with Crippen molar-refractivity contribution in [1.82, 2.24) is 0 Å². The van der Waals surface area contributed by atoms with Crippen LogP contribution in [0.3, 0.4) is 0 Å². The number of nitrogens with zero attached hydrogens (tertiary/aromatic N) is 1. The molecule has 0 aliphatic carbocycles. The lowest BCUT2D eigenvalue weighted by molar-refractivity contribution is -0.117. The van der Waals surface area contributed by atoms with Crippen LogP contribution in [0, 0.1) is 0 Å². The van der Waals surface area contributed by atoms with E-state index in [1.165, 1.54) is 0 Å². The summed E-state index contributed by atoms with van der Waals surface area (Å²) >= 11 is 0. The van der Waals surface area contributed by atoms with Crippen LogP contribution >= 0.6 is 0 Å². The molecule has 148 valence electrons. The molecule has 3 aromatic carbocycles. The molecule has 1 aliphatic heterocycles. The van der Waals surface area contributed by atoms with Gasteiger partial charge >= 0.3 is 0 Å². The zero-order valence-electron chi connectivity index (χ0n) is 16.3. The van der Waals surface area contributed by atoms with Gasteiger partial charge in [0.25, 0.3) is 0 Å². The summed E-state index contributed by atoms with van der Waals surface area (Å²) in [6.45, 7) is 1.25. The SMILES string of the molecule is O=C(CCCOc1cccc2ccccc12)Nc1ccc(N2CCCC2=O)cc1. The third-order valence-corrected chi connectivity index (χ3v) is 5.09. The molecular weight excluding hydrogens is 364 g/mol. The van der Waals surface area contributed by atoms with Crippen LogP contribution in [0.5, 0.6) is 5.75 Å². The molecule has 1 N–H and O–H groups in total. The van der Waals surface area contributed by atoms with E-state index in [0.29, 0.717) is 25.9 Å². The van der Waals surface area contributed by atoms with Gasteiger partial charge in [0.15, 0.2) is 0 Å². The Balaban J connectivity index is 1.24. The number of ether oxygens (including phenoxy) is 1. The Labute approximate surface area is 170 Å². The lowest BCUT2D eigenvalue weighted by Gasteiger charge is -2.16. The minimum atomic E-state index is -0.0449. The highest BCUT2D eigenvalue weighted by atomic mass is 16.5. The normalized spacial score (nSPS) is 13.7. The molecular formula is C24H24N2O3. The molecule has 0 atom stereocenters. The molecule has 2 amide bonds. The minimum absolute atomic E-state index is 0.0449. The first-order chi connectivity index (χ1) is 14.2. The first kappa shape index (κ1) is 19.0. The van der Waals surface area contributed by atoms with Crippen molar-refractivity contribution >= 4 is 34.0 Å². The fourth-order valence-electron chi connectivity index (χ4n) is 3.61. The quantitative estimate of drug-likeness (QED) is 0.594. The summed E-state index contributed by atoms with van der Waals surface area (Å²) in [5, 5.41) is 5.12. The molecule has 0 unspecified atom stereocenters. The molecule has 5 nitrogen and oxygen atoms in total. The van der Waals surface area contributed by atoms with Crippen molar-refractivity contribution in [3.63, 3.8) is 0 Å². The van der Waals surface area contributed by atoms with Gasteiger partial charge in [-0.05, 0) is 48.6 Å². The van der Waals surface area contributed by atoms with Gasteiger partial charge in [-0.3, -0.25) is 9.59 Å². The number of carbonyl (C=O) groups is 2. The van der Waals surface area contributed by atoms with E-state index >= 15 is 0 Å². The summed E-state index contributed by atoms with van der Waals surface area (Å²) in [7, 11) is 0. The molecule has 1 saturated heterocycles. The molecule has 5 heteroatoms. The fraction of sp³-hybridized carbons (Fsp3) is 0.250. The molecule has 0 spiro atoms. The molecule has 0 radical (unpaired) electrons. The number of rotatable bonds is 7. The second-order valence-electron chi connectivity index (χ2n) is 7.17. The Hall–Kier alpha value is -3.34. The number of hydrogen-bond acceptors (Lipinski definition) is 3. The zero-order valence-corrected chi connectivity index (χ0v) is 16.3. The van der Waals surface area contributed by atoms with Crippen LogP contribution in [0.1, 0.15) is 25.7 Å². The first-order valence-corrected chi connectivity index (χ1v) is 10.0. The van der Waals surface area contributed by atoms with E-state index in [4.69, 9.17) is 4.74 Å². The van der Waals surface area contributed by atoms with Gasteiger partial charge in [-0.2, -0.15) is 0 Å². The van der Waals surface area contributed by atoms with E-state index in [9.17, 15) is 9.59 Å². The van der Waals surface area contributed by atoms with Crippen molar-refractivity contribution < 1.29 is 14.3 Å². The monoisotopic (exact) mass is 388 g/mol. The lowest BCUT2D eigenvalue weighted by Crippen LogP contribution is -2.23. The first-order valence-electron chi connectivity index (χ1n) is 10.0. The zero-order chi connectivity index (χ0) is 20.1. The second kappa shape index (κ2) is 8.78. The maximum atomic E-state index is 12.2. The summed E-state index contributed by atoms with van der Waals surface area (Å²) < 4.78 is 5.89.